The fourth-order valence-electron chi connectivity index (χ4n) is 2.71. The Hall–Kier alpha value is -2.73. The van der Waals surface area contributed by atoms with Crippen LogP contribution in [0.5, 0.6) is 11.5 Å². The molecular formula is C24H17Cl2IN2O3. The molecular weight excluding hydrogens is 562 g/mol. The molecule has 3 aromatic rings. The third kappa shape index (κ3) is 6.39. The van der Waals surface area contributed by atoms with Crippen LogP contribution >= 0.6 is 45.8 Å². The van der Waals surface area contributed by atoms with E-state index in [9.17, 15) is 10.1 Å². The van der Waals surface area contributed by atoms with Gasteiger partial charge in [0, 0.05) is 21.3 Å². The Morgan fingerprint density at radius 2 is 1.88 bits per heavy atom. The maximum absolute atomic E-state index is 12.5. The number of halogens is 3. The molecule has 8 heteroatoms. The summed E-state index contributed by atoms with van der Waals surface area (Å²) in [5.41, 5.74) is 2.07. The maximum Gasteiger partial charge on any atom is 0.266 e. The summed E-state index contributed by atoms with van der Waals surface area (Å²) < 4.78 is 11.8. The third-order valence-electron chi connectivity index (χ3n) is 4.38. The van der Waals surface area contributed by atoms with Crippen molar-refractivity contribution in [3.8, 4) is 17.6 Å². The molecule has 0 aliphatic rings. The fourth-order valence-corrected chi connectivity index (χ4v) is 3.86. The molecule has 0 unspecified atom stereocenters. The van der Waals surface area contributed by atoms with E-state index >= 15 is 0 Å². The first kappa shape index (κ1) is 23.9. The molecule has 0 aliphatic heterocycles. The van der Waals surface area contributed by atoms with Crippen LogP contribution in [0.15, 0.2) is 66.2 Å². The van der Waals surface area contributed by atoms with Gasteiger partial charge in [-0.3, -0.25) is 4.79 Å². The van der Waals surface area contributed by atoms with Crippen molar-refractivity contribution in [1.82, 2.24) is 0 Å². The molecule has 0 atom stereocenters. The molecule has 0 spiro atoms. The molecule has 0 saturated heterocycles. The van der Waals surface area contributed by atoms with Crippen molar-refractivity contribution in [2.75, 3.05) is 12.4 Å². The summed E-state index contributed by atoms with van der Waals surface area (Å²) in [6.45, 7) is 0.287. The Bertz CT molecular complexity index is 1200. The summed E-state index contributed by atoms with van der Waals surface area (Å²) in [6.07, 6.45) is 1.53. The summed E-state index contributed by atoms with van der Waals surface area (Å²) in [7, 11) is 1.56. The minimum absolute atomic E-state index is 0.0155. The Kier molecular flexibility index (Phi) is 8.39. The Labute approximate surface area is 209 Å². The van der Waals surface area contributed by atoms with Crippen LogP contribution in [0.25, 0.3) is 6.08 Å². The highest BCUT2D eigenvalue weighted by molar-refractivity contribution is 14.1. The Balaban J connectivity index is 1.70. The van der Waals surface area contributed by atoms with Gasteiger partial charge in [0.15, 0.2) is 0 Å². The van der Waals surface area contributed by atoms with Crippen molar-refractivity contribution in [1.29, 1.82) is 5.26 Å². The van der Waals surface area contributed by atoms with E-state index in [0.29, 0.717) is 32.8 Å². The number of benzene rings is 3. The average molecular weight is 579 g/mol. The number of nitriles is 1. The van der Waals surface area contributed by atoms with E-state index < -0.39 is 5.91 Å². The van der Waals surface area contributed by atoms with Gasteiger partial charge in [0.05, 0.1) is 10.7 Å². The minimum Gasteiger partial charge on any atom is -0.497 e. The van der Waals surface area contributed by atoms with E-state index in [1.54, 1.807) is 55.6 Å². The highest BCUT2D eigenvalue weighted by Gasteiger charge is 2.11. The summed E-state index contributed by atoms with van der Waals surface area (Å²) >= 11 is 14.3. The van der Waals surface area contributed by atoms with Crippen molar-refractivity contribution < 1.29 is 14.3 Å². The summed E-state index contributed by atoms with van der Waals surface area (Å²) in [6, 6.07) is 19.4. The van der Waals surface area contributed by atoms with Crippen LogP contribution < -0.4 is 14.8 Å². The highest BCUT2D eigenvalue weighted by Crippen LogP contribution is 2.27. The molecule has 0 aliphatic carbocycles. The van der Waals surface area contributed by atoms with Crippen molar-refractivity contribution in [3.63, 3.8) is 0 Å². The summed E-state index contributed by atoms with van der Waals surface area (Å²) in [5, 5.41) is 13.3. The SMILES string of the molecule is COc1ccc(NC(=O)/C(C#N)=C\c2ccc(OCc3ccc(Cl)cc3Cl)c(I)c2)cc1. The number of carbonyl (C=O) groups excluding carboxylic acids is 1. The third-order valence-corrected chi connectivity index (χ3v) is 5.81. The number of rotatable bonds is 7. The number of methoxy groups -OCH3 is 1. The van der Waals surface area contributed by atoms with Crippen LogP contribution in [0.4, 0.5) is 5.69 Å². The lowest BCUT2D eigenvalue weighted by Gasteiger charge is -2.10. The van der Waals surface area contributed by atoms with Crippen LogP contribution in [0.1, 0.15) is 11.1 Å². The first-order valence-corrected chi connectivity index (χ1v) is 11.2. The normalized spacial score (nSPS) is 10.9. The van der Waals surface area contributed by atoms with Crippen LogP contribution in [0.2, 0.25) is 10.0 Å². The number of amides is 1. The summed E-state index contributed by atoms with van der Waals surface area (Å²) in [5.74, 6) is 0.842. The quantitative estimate of drug-likeness (QED) is 0.192. The smallest absolute Gasteiger partial charge is 0.266 e. The molecule has 3 rings (SSSR count). The molecule has 0 radical (unpaired) electrons. The second-order valence-corrected chi connectivity index (χ2v) is 8.57. The molecule has 0 heterocycles. The monoisotopic (exact) mass is 578 g/mol. The van der Waals surface area contributed by atoms with Gasteiger partial charge in [0.1, 0.15) is 29.7 Å². The van der Waals surface area contributed by atoms with E-state index in [4.69, 9.17) is 32.7 Å². The van der Waals surface area contributed by atoms with Gasteiger partial charge in [-0.15, -0.1) is 0 Å². The molecule has 32 heavy (non-hydrogen) atoms. The van der Waals surface area contributed by atoms with E-state index in [1.165, 1.54) is 6.08 Å². The molecule has 162 valence electrons. The van der Waals surface area contributed by atoms with Gasteiger partial charge in [-0.1, -0.05) is 35.3 Å². The van der Waals surface area contributed by atoms with Gasteiger partial charge in [-0.05, 0) is 82.8 Å². The van der Waals surface area contributed by atoms with Crippen molar-refractivity contribution in [2.45, 2.75) is 6.61 Å². The maximum atomic E-state index is 12.5. The molecule has 0 saturated carbocycles. The first-order chi connectivity index (χ1) is 15.4. The van der Waals surface area contributed by atoms with E-state index in [-0.39, 0.29) is 12.2 Å². The second kappa shape index (κ2) is 11.2. The first-order valence-electron chi connectivity index (χ1n) is 9.33. The second-order valence-electron chi connectivity index (χ2n) is 6.57. The number of nitrogens with zero attached hydrogens (tertiary/aromatic N) is 1. The van der Waals surface area contributed by atoms with Gasteiger partial charge in [0.2, 0.25) is 0 Å². The number of carbonyl (C=O) groups is 1. The molecule has 3 aromatic carbocycles. The topological polar surface area (TPSA) is 71.3 Å². The number of hydrogen-bond donors (Lipinski definition) is 1. The van der Waals surface area contributed by atoms with Crippen molar-refractivity contribution in [2.24, 2.45) is 0 Å². The van der Waals surface area contributed by atoms with E-state index in [1.807, 2.05) is 18.2 Å². The fraction of sp³-hybridized carbons (Fsp3) is 0.0833. The predicted molar refractivity (Wildman–Crippen MR) is 135 cm³/mol. The van der Waals surface area contributed by atoms with Gasteiger partial charge in [-0.2, -0.15) is 5.26 Å². The molecule has 5 nitrogen and oxygen atoms in total. The van der Waals surface area contributed by atoms with Gasteiger partial charge >= 0.3 is 0 Å². The zero-order valence-corrected chi connectivity index (χ0v) is 20.5. The highest BCUT2D eigenvalue weighted by atomic mass is 127. The van der Waals surface area contributed by atoms with E-state index in [2.05, 4.69) is 27.9 Å². The predicted octanol–water partition coefficient (Wildman–Crippen LogP) is 6.73. The number of ether oxygens (including phenoxy) is 2. The van der Waals surface area contributed by atoms with Crippen LogP contribution in [-0.2, 0) is 11.4 Å². The number of hydrogen-bond acceptors (Lipinski definition) is 4. The minimum atomic E-state index is -0.495. The molecule has 0 fully saturated rings. The number of anilines is 1. The van der Waals surface area contributed by atoms with Crippen LogP contribution in [-0.4, -0.2) is 13.0 Å². The largest absolute Gasteiger partial charge is 0.497 e. The zero-order chi connectivity index (χ0) is 23.1. The summed E-state index contributed by atoms with van der Waals surface area (Å²) in [4.78, 5) is 12.5. The van der Waals surface area contributed by atoms with Gasteiger partial charge in [0.25, 0.3) is 5.91 Å². The Morgan fingerprint density at radius 1 is 1.12 bits per heavy atom. The lowest BCUT2D eigenvalue weighted by atomic mass is 10.1. The lowest BCUT2D eigenvalue weighted by Crippen LogP contribution is -2.13. The molecule has 0 aromatic heterocycles. The molecule has 1 N–H and O–H groups in total. The average Bonchev–Trinajstić information content (AvgIpc) is 2.78. The van der Waals surface area contributed by atoms with Crippen LogP contribution in [0, 0.1) is 14.9 Å². The van der Waals surface area contributed by atoms with Crippen molar-refractivity contribution in [3.05, 3.63) is 91.0 Å². The van der Waals surface area contributed by atoms with E-state index in [0.717, 1.165) is 9.13 Å². The zero-order valence-electron chi connectivity index (χ0n) is 16.9. The Morgan fingerprint density at radius 3 is 2.50 bits per heavy atom. The molecule has 0 bridgehead atoms. The van der Waals surface area contributed by atoms with Gasteiger partial charge in [-0.25, -0.2) is 0 Å². The van der Waals surface area contributed by atoms with Crippen LogP contribution in [0.3, 0.4) is 0 Å². The lowest BCUT2D eigenvalue weighted by molar-refractivity contribution is -0.112. The number of nitrogens with one attached hydrogen (secondary N) is 1. The standard InChI is InChI=1S/C24H17Cl2IN2O3/c1-31-20-7-5-19(6-8-20)29-24(30)17(13-28)10-15-2-9-23(22(27)11-15)32-14-16-3-4-18(25)12-21(16)26/h2-12H,14H2,1H3,(H,29,30)/b17-10-. The van der Waals surface area contributed by atoms with Gasteiger partial charge < -0.3 is 14.8 Å². The molecule has 1 amide bonds. The van der Waals surface area contributed by atoms with Crippen molar-refractivity contribution >= 4 is 63.5 Å².